The SMILES string of the molecule is Cl.O=C(Cc1cccc2ccccc12)NCC1=CCNCC1. The van der Waals surface area contributed by atoms with E-state index in [0.717, 1.165) is 30.5 Å². The number of hydrogen-bond donors (Lipinski definition) is 2. The lowest BCUT2D eigenvalue weighted by Gasteiger charge is -2.14. The zero-order chi connectivity index (χ0) is 14.5. The summed E-state index contributed by atoms with van der Waals surface area (Å²) in [6.45, 7) is 2.59. The number of carbonyl (C=O) groups is 1. The van der Waals surface area contributed by atoms with E-state index in [9.17, 15) is 4.79 Å². The normalized spacial score (nSPS) is 14.1. The summed E-state index contributed by atoms with van der Waals surface area (Å²) in [5.41, 5.74) is 2.41. The first-order chi connectivity index (χ1) is 10.3. The zero-order valence-corrected chi connectivity index (χ0v) is 13.3. The van der Waals surface area contributed by atoms with Crippen molar-refractivity contribution < 1.29 is 4.79 Å². The molecule has 1 amide bonds. The minimum absolute atomic E-state index is 0. The standard InChI is InChI=1S/C18H20N2O.ClH/c21-18(20-13-14-8-10-19-11-9-14)12-16-6-3-5-15-4-1-2-7-17(15)16;/h1-8,19H,9-13H2,(H,20,21);1H. The Balaban J connectivity index is 0.00000176. The predicted molar refractivity (Wildman–Crippen MR) is 93.5 cm³/mol. The molecule has 0 unspecified atom stereocenters. The van der Waals surface area contributed by atoms with Crippen LogP contribution in [0.15, 0.2) is 54.1 Å². The molecule has 0 spiro atoms. The van der Waals surface area contributed by atoms with Crippen molar-refractivity contribution in [2.24, 2.45) is 0 Å². The summed E-state index contributed by atoms with van der Waals surface area (Å²) < 4.78 is 0. The average molecular weight is 317 g/mol. The van der Waals surface area contributed by atoms with E-state index in [4.69, 9.17) is 0 Å². The molecule has 0 radical (unpaired) electrons. The molecule has 0 saturated heterocycles. The van der Waals surface area contributed by atoms with E-state index in [-0.39, 0.29) is 18.3 Å². The van der Waals surface area contributed by atoms with Gasteiger partial charge in [-0.1, -0.05) is 54.1 Å². The number of amides is 1. The molecule has 2 aromatic carbocycles. The van der Waals surface area contributed by atoms with E-state index in [1.165, 1.54) is 11.0 Å². The number of carbonyl (C=O) groups excluding carboxylic acids is 1. The lowest BCUT2D eigenvalue weighted by Crippen LogP contribution is -2.30. The van der Waals surface area contributed by atoms with Crippen LogP contribution in [0.5, 0.6) is 0 Å². The third-order valence-corrected chi connectivity index (χ3v) is 3.90. The van der Waals surface area contributed by atoms with E-state index < -0.39 is 0 Å². The first-order valence-electron chi connectivity index (χ1n) is 7.45. The maximum Gasteiger partial charge on any atom is 0.224 e. The Labute approximate surface area is 137 Å². The number of nitrogens with one attached hydrogen (secondary N) is 2. The van der Waals surface area contributed by atoms with Gasteiger partial charge in [0.25, 0.3) is 0 Å². The third kappa shape index (κ3) is 4.09. The highest BCUT2D eigenvalue weighted by molar-refractivity contribution is 5.90. The van der Waals surface area contributed by atoms with Crippen molar-refractivity contribution in [2.45, 2.75) is 12.8 Å². The van der Waals surface area contributed by atoms with Crippen LogP contribution < -0.4 is 10.6 Å². The molecule has 0 aromatic heterocycles. The lowest BCUT2D eigenvalue weighted by molar-refractivity contribution is -0.120. The van der Waals surface area contributed by atoms with Gasteiger partial charge in [0, 0.05) is 13.1 Å². The van der Waals surface area contributed by atoms with Gasteiger partial charge in [-0.25, -0.2) is 0 Å². The quantitative estimate of drug-likeness (QED) is 0.852. The largest absolute Gasteiger partial charge is 0.352 e. The Hall–Kier alpha value is -1.84. The molecule has 0 atom stereocenters. The van der Waals surface area contributed by atoms with Crippen molar-refractivity contribution in [3.05, 3.63) is 59.7 Å². The molecule has 2 aromatic rings. The molecule has 3 rings (SSSR count). The van der Waals surface area contributed by atoms with Crippen molar-refractivity contribution >= 4 is 29.1 Å². The fraction of sp³-hybridized carbons (Fsp3) is 0.278. The Morgan fingerprint density at radius 1 is 1.14 bits per heavy atom. The van der Waals surface area contributed by atoms with Crippen molar-refractivity contribution in [1.82, 2.24) is 10.6 Å². The van der Waals surface area contributed by atoms with E-state index >= 15 is 0 Å². The molecule has 3 nitrogen and oxygen atoms in total. The molecule has 0 saturated carbocycles. The fourth-order valence-electron chi connectivity index (χ4n) is 2.72. The second-order valence-electron chi connectivity index (χ2n) is 5.41. The van der Waals surface area contributed by atoms with Gasteiger partial charge in [-0.15, -0.1) is 12.4 Å². The Morgan fingerprint density at radius 3 is 2.77 bits per heavy atom. The summed E-state index contributed by atoms with van der Waals surface area (Å²) in [6, 6.07) is 14.3. The molecule has 1 heterocycles. The summed E-state index contributed by atoms with van der Waals surface area (Å²) in [6.07, 6.45) is 3.63. The zero-order valence-electron chi connectivity index (χ0n) is 12.5. The Bertz CT molecular complexity index is 676. The Morgan fingerprint density at radius 2 is 1.95 bits per heavy atom. The van der Waals surface area contributed by atoms with Crippen LogP contribution >= 0.6 is 12.4 Å². The highest BCUT2D eigenvalue weighted by Crippen LogP contribution is 2.18. The number of halogens is 1. The lowest BCUT2D eigenvalue weighted by atomic mass is 10.0. The van der Waals surface area contributed by atoms with Crippen molar-refractivity contribution in [3.8, 4) is 0 Å². The third-order valence-electron chi connectivity index (χ3n) is 3.90. The van der Waals surface area contributed by atoms with E-state index in [1.807, 2.05) is 24.3 Å². The molecular weight excluding hydrogens is 296 g/mol. The topological polar surface area (TPSA) is 41.1 Å². The average Bonchev–Trinajstić information content (AvgIpc) is 2.54. The second kappa shape index (κ2) is 7.97. The highest BCUT2D eigenvalue weighted by atomic mass is 35.5. The van der Waals surface area contributed by atoms with E-state index in [2.05, 4.69) is 34.9 Å². The number of rotatable bonds is 4. The molecule has 2 N–H and O–H groups in total. The van der Waals surface area contributed by atoms with E-state index in [0.29, 0.717) is 13.0 Å². The van der Waals surface area contributed by atoms with Gasteiger partial charge in [-0.05, 0) is 29.3 Å². The molecule has 116 valence electrons. The van der Waals surface area contributed by atoms with Crippen LogP contribution in [-0.2, 0) is 11.2 Å². The maximum atomic E-state index is 12.1. The van der Waals surface area contributed by atoms with Gasteiger partial charge in [-0.2, -0.15) is 0 Å². The summed E-state index contributed by atoms with van der Waals surface area (Å²) in [5, 5.41) is 8.65. The molecule has 1 aliphatic rings. The number of benzene rings is 2. The number of hydrogen-bond acceptors (Lipinski definition) is 2. The van der Waals surface area contributed by atoms with Crippen LogP contribution in [0, 0.1) is 0 Å². The van der Waals surface area contributed by atoms with E-state index in [1.54, 1.807) is 0 Å². The molecular formula is C18H21ClN2O. The van der Waals surface area contributed by atoms with Gasteiger partial charge >= 0.3 is 0 Å². The van der Waals surface area contributed by atoms with Gasteiger partial charge in [-0.3, -0.25) is 4.79 Å². The van der Waals surface area contributed by atoms with Gasteiger partial charge < -0.3 is 10.6 Å². The fourth-order valence-corrected chi connectivity index (χ4v) is 2.72. The minimum atomic E-state index is 0. The summed E-state index contributed by atoms with van der Waals surface area (Å²) in [5.74, 6) is 0.0887. The van der Waals surface area contributed by atoms with Crippen LogP contribution in [0.1, 0.15) is 12.0 Å². The molecule has 0 fully saturated rings. The first kappa shape index (κ1) is 16.5. The van der Waals surface area contributed by atoms with Crippen LogP contribution in [0.25, 0.3) is 10.8 Å². The van der Waals surface area contributed by atoms with Crippen molar-refractivity contribution in [3.63, 3.8) is 0 Å². The van der Waals surface area contributed by atoms with Crippen LogP contribution in [0.3, 0.4) is 0 Å². The van der Waals surface area contributed by atoms with Gasteiger partial charge in [0.15, 0.2) is 0 Å². The smallest absolute Gasteiger partial charge is 0.224 e. The van der Waals surface area contributed by atoms with Crippen LogP contribution in [0.4, 0.5) is 0 Å². The van der Waals surface area contributed by atoms with Gasteiger partial charge in [0.1, 0.15) is 0 Å². The van der Waals surface area contributed by atoms with Crippen molar-refractivity contribution in [2.75, 3.05) is 19.6 Å². The summed E-state index contributed by atoms with van der Waals surface area (Å²) in [7, 11) is 0. The Kier molecular flexibility index (Phi) is 5.99. The van der Waals surface area contributed by atoms with Gasteiger partial charge in [0.2, 0.25) is 5.91 Å². The van der Waals surface area contributed by atoms with Crippen LogP contribution in [0.2, 0.25) is 0 Å². The monoisotopic (exact) mass is 316 g/mol. The van der Waals surface area contributed by atoms with Gasteiger partial charge in [0.05, 0.1) is 6.42 Å². The molecule has 0 aliphatic carbocycles. The van der Waals surface area contributed by atoms with Crippen molar-refractivity contribution in [1.29, 1.82) is 0 Å². The predicted octanol–water partition coefficient (Wildman–Crippen LogP) is 2.84. The molecule has 0 bridgehead atoms. The summed E-state index contributed by atoms with van der Waals surface area (Å²) >= 11 is 0. The molecule has 1 aliphatic heterocycles. The second-order valence-corrected chi connectivity index (χ2v) is 5.41. The number of fused-ring (bicyclic) bond motifs is 1. The molecule has 22 heavy (non-hydrogen) atoms. The highest BCUT2D eigenvalue weighted by Gasteiger charge is 2.08. The maximum absolute atomic E-state index is 12.1. The minimum Gasteiger partial charge on any atom is -0.352 e. The summed E-state index contributed by atoms with van der Waals surface area (Å²) in [4.78, 5) is 12.1. The van der Waals surface area contributed by atoms with Crippen LogP contribution in [-0.4, -0.2) is 25.5 Å². The molecule has 4 heteroatoms. The first-order valence-corrected chi connectivity index (χ1v) is 7.45.